The molecule has 0 heterocycles. The molecule has 3 rings (SSSR count). The lowest BCUT2D eigenvalue weighted by Crippen LogP contribution is -2.51. The first kappa shape index (κ1) is 27.0. The van der Waals surface area contributed by atoms with Crippen LogP contribution in [0.1, 0.15) is 56.9 Å². The Balaban J connectivity index is 1.53. The highest BCUT2D eigenvalue weighted by Crippen LogP contribution is 2.28. The van der Waals surface area contributed by atoms with Crippen molar-refractivity contribution in [2.75, 3.05) is 18.5 Å². The molecule has 36 heavy (non-hydrogen) atoms. The first-order chi connectivity index (χ1) is 17.5. The Bertz CT molecular complexity index is 959. The van der Waals surface area contributed by atoms with Crippen LogP contribution in [0.15, 0.2) is 54.6 Å². The maximum absolute atomic E-state index is 13.0. The van der Waals surface area contributed by atoms with Gasteiger partial charge in [0.05, 0.1) is 6.61 Å². The minimum Gasteiger partial charge on any atom is -0.494 e. The number of rotatable bonds is 15. The van der Waals surface area contributed by atoms with Crippen LogP contribution in [0.25, 0.3) is 0 Å². The van der Waals surface area contributed by atoms with Crippen molar-refractivity contribution in [2.45, 2.75) is 64.0 Å². The van der Waals surface area contributed by atoms with Crippen molar-refractivity contribution >= 4 is 23.5 Å². The molecule has 1 saturated carbocycles. The SMILES string of the molecule is O=C(O)CCCOc1ccc(NC(NC(=O)CCC2CCCC2)C(=O)NCCc2ccccc2)cc1. The second-order valence-corrected chi connectivity index (χ2v) is 9.23. The lowest BCUT2D eigenvalue weighted by atomic mass is 10.0. The molecule has 1 fully saturated rings. The number of hydrogen-bond acceptors (Lipinski definition) is 5. The largest absolute Gasteiger partial charge is 0.494 e. The molecule has 0 spiro atoms. The Kier molecular flexibility index (Phi) is 11.1. The zero-order valence-electron chi connectivity index (χ0n) is 20.7. The molecule has 0 radical (unpaired) electrons. The van der Waals surface area contributed by atoms with Crippen LogP contribution in [-0.4, -0.2) is 42.2 Å². The van der Waals surface area contributed by atoms with E-state index in [-0.39, 0.29) is 18.2 Å². The lowest BCUT2D eigenvalue weighted by Gasteiger charge is -2.21. The molecule has 194 valence electrons. The van der Waals surface area contributed by atoms with Gasteiger partial charge in [0.1, 0.15) is 5.75 Å². The van der Waals surface area contributed by atoms with E-state index in [1.165, 1.54) is 25.7 Å². The summed E-state index contributed by atoms with van der Waals surface area (Å²) in [5.41, 5.74) is 1.79. The number of anilines is 1. The van der Waals surface area contributed by atoms with Crippen LogP contribution >= 0.6 is 0 Å². The molecular formula is C28H37N3O5. The van der Waals surface area contributed by atoms with Gasteiger partial charge in [0.25, 0.3) is 5.91 Å². The Hall–Kier alpha value is -3.55. The molecule has 2 aromatic rings. The van der Waals surface area contributed by atoms with E-state index in [0.717, 1.165) is 12.0 Å². The monoisotopic (exact) mass is 495 g/mol. The summed E-state index contributed by atoms with van der Waals surface area (Å²) in [7, 11) is 0. The zero-order valence-corrected chi connectivity index (χ0v) is 20.7. The third-order valence-corrected chi connectivity index (χ3v) is 6.35. The van der Waals surface area contributed by atoms with Gasteiger partial charge in [0.15, 0.2) is 6.17 Å². The molecule has 8 nitrogen and oxygen atoms in total. The zero-order chi connectivity index (χ0) is 25.6. The Morgan fingerprint density at radius 3 is 2.39 bits per heavy atom. The van der Waals surface area contributed by atoms with Gasteiger partial charge in [-0.25, -0.2) is 0 Å². The highest BCUT2D eigenvalue weighted by atomic mass is 16.5. The molecule has 1 aliphatic rings. The molecular weight excluding hydrogens is 458 g/mol. The normalized spacial score (nSPS) is 14.1. The van der Waals surface area contributed by atoms with Crippen molar-refractivity contribution < 1.29 is 24.2 Å². The van der Waals surface area contributed by atoms with Gasteiger partial charge in [-0.3, -0.25) is 14.4 Å². The van der Waals surface area contributed by atoms with Crippen molar-refractivity contribution in [1.29, 1.82) is 0 Å². The Morgan fingerprint density at radius 1 is 0.972 bits per heavy atom. The quantitative estimate of drug-likeness (QED) is 0.218. The number of carboxylic acids is 1. The standard InChI is InChI=1S/C28H37N3O5/c32-25(17-12-21-9-4-5-10-21)31-27(28(35)29-19-18-22-7-2-1-3-8-22)30-23-13-15-24(16-14-23)36-20-6-11-26(33)34/h1-3,7-8,13-16,21,27,30H,4-6,9-12,17-20H2,(H,29,35)(H,31,32)(H,33,34). The molecule has 1 unspecified atom stereocenters. The molecule has 2 amide bonds. The molecule has 0 saturated heterocycles. The lowest BCUT2D eigenvalue weighted by molar-refractivity contribution is -0.137. The molecule has 1 atom stereocenters. The number of ether oxygens (including phenoxy) is 1. The van der Waals surface area contributed by atoms with Gasteiger partial charge in [0.2, 0.25) is 5.91 Å². The number of carbonyl (C=O) groups is 3. The highest BCUT2D eigenvalue weighted by Gasteiger charge is 2.22. The summed E-state index contributed by atoms with van der Waals surface area (Å²) in [5, 5.41) is 17.6. The molecule has 8 heteroatoms. The number of benzene rings is 2. The predicted octanol–water partition coefficient (Wildman–Crippen LogP) is 4.11. The number of aliphatic carboxylic acids is 1. The number of carbonyl (C=O) groups excluding carboxylic acids is 2. The van der Waals surface area contributed by atoms with E-state index < -0.39 is 12.1 Å². The van der Waals surface area contributed by atoms with E-state index in [9.17, 15) is 14.4 Å². The molecule has 1 aliphatic carbocycles. The second-order valence-electron chi connectivity index (χ2n) is 9.23. The van der Waals surface area contributed by atoms with Crippen LogP contribution in [0.3, 0.4) is 0 Å². The Labute approximate surface area is 212 Å². The number of amides is 2. The minimum atomic E-state index is -0.904. The van der Waals surface area contributed by atoms with Crippen LogP contribution in [0.4, 0.5) is 5.69 Å². The van der Waals surface area contributed by atoms with Crippen LogP contribution in [0.5, 0.6) is 5.75 Å². The van der Waals surface area contributed by atoms with Crippen molar-refractivity contribution in [3.8, 4) is 5.75 Å². The maximum Gasteiger partial charge on any atom is 0.303 e. The van der Waals surface area contributed by atoms with Crippen molar-refractivity contribution in [3.63, 3.8) is 0 Å². The van der Waals surface area contributed by atoms with E-state index in [0.29, 0.717) is 49.8 Å². The average molecular weight is 496 g/mol. The van der Waals surface area contributed by atoms with E-state index in [1.54, 1.807) is 24.3 Å². The number of nitrogens with one attached hydrogen (secondary N) is 3. The summed E-state index contributed by atoms with van der Waals surface area (Å²) in [6.07, 6.45) is 6.36. The minimum absolute atomic E-state index is 0.0567. The molecule has 4 N–H and O–H groups in total. The van der Waals surface area contributed by atoms with Gasteiger partial charge in [0, 0.05) is 25.1 Å². The summed E-state index contributed by atoms with van der Waals surface area (Å²) in [6, 6.07) is 16.9. The van der Waals surface area contributed by atoms with Crippen molar-refractivity contribution in [2.24, 2.45) is 5.92 Å². The number of hydrogen-bond donors (Lipinski definition) is 4. The van der Waals surface area contributed by atoms with Gasteiger partial charge in [-0.15, -0.1) is 0 Å². The van der Waals surface area contributed by atoms with Gasteiger partial charge >= 0.3 is 5.97 Å². The van der Waals surface area contributed by atoms with Crippen molar-refractivity contribution in [1.82, 2.24) is 10.6 Å². The fourth-order valence-corrected chi connectivity index (χ4v) is 4.34. The summed E-state index contributed by atoms with van der Waals surface area (Å²) >= 11 is 0. The predicted molar refractivity (Wildman–Crippen MR) is 139 cm³/mol. The van der Waals surface area contributed by atoms with Crippen molar-refractivity contribution in [3.05, 3.63) is 60.2 Å². The Morgan fingerprint density at radius 2 is 1.69 bits per heavy atom. The number of carboxylic acid groups (broad SMARTS) is 1. The van der Waals surface area contributed by atoms with Gasteiger partial charge in [-0.2, -0.15) is 0 Å². The summed E-state index contributed by atoms with van der Waals surface area (Å²) in [6.45, 7) is 0.769. The highest BCUT2D eigenvalue weighted by molar-refractivity contribution is 5.89. The maximum atomic E-state index is 13.0. The average Bonchev–Trinajstić information content (AvgIpc) is 3.40. The van der Waals surface area contributed by atoms with Gasteiger partial charge in [-0.1, -0.05) is 56.0 Å². The van der Waals surface area contributed by atoms with E-state index in [1.807, 2.05) is 30.3 Å². The second kappa shape index (κ2) is 14.8. The van der Waals surface area contributed by atoms with E-state index in [2.05, 4.69) is 16.0 Å². The summed E-state index contributed by atoms with van der Waals surface area (Å²) < 4.78 is 5.56. The smallest absolute Gasteiger partial charge is 0.303 e. The first-order valence-electron chi connectivity index (χ1n) is 12.8. The summed E-state index contributed by atoms with van der Waals surface area (Å²) in [4.78, 5) is 36.2. The molecule has 0 aromatic heterocycles. The van der Waals surface area contributed by atoms with Crippen LogP contribution in [0.2, 0.25) is 0 Å². The van der Waals surface area contributed by atoms with Gasteiger partial charge in [-0.05, 0) is 55.0 Å². The third-order valence-electron chi connectivity index (χ3n) is 6.35. The van der Waals surface area contributed by atoms with E-state index >= 15 is 0 Å². The van der Waals surface area contributed by atoms with Crippen LogP contribution in [0, 0.1) is 5.92 Å². The van der Waals surface area contributed by atoms with Gasteiger partial charge < -0.3 is 25.8 Å². The van der Waals surface area contributed by atoms with Crippen LogP contribution < -0.4 is 20.7 Å². The topological polar surface area (TPSA) is 117 Å². The fourth-order valence-electron chi connectivity index (χ4n) is 4.34. The molecule has 0 aliphatic heterocycles. The summed E-state index contributed by atoms with van der Waals surface area (Å²) in [5.74, 6) is -0.0815. The van der Waals surface area contributed by atoms with E-state index in [4.69, 9.17) is 9.84 Å². The molecule has 2 aromatic carbocycles. The molecule has 0 bridgehead atoms. The third kappa shape index (κ3) is 9.98. The van der Waals surface area contributed by atoms with Crippen LogP contribution in [-0.2, 0) is 20.8 Å². The fraction of sp³-hybridized carbons (Fsp3) is 0.464. The first-order valence-corrected chi connectivity index (χ1v) is 12.8.